The van der Waals surface area contributed by atoms with E-state index in [-0.39, 0.29) is 18.7 Å². The van der Waals surface area contributed by atoms with Gasteiger partial charge < -0.3 is 20.7 Å². The second kappa shape index (κ2) is 9.61. The monoisotopic (exact) mass is 520 g/mol. The number of primary amides is 1. The van der Waals surface area contributed by atoms with Crippen molar-refractivity contribution in [1.29, 1.82) is 0 Å². The number of alkyl halides is 3. The number of ether oxygens (including phenoxy) is 1. The third-order valence-corrected chi connectivity index (χ3v) is 6.96. The van der Waals surface area contributed by atoms with Crippen molar-refractivity contribution < 1.29 is 27.5 Å². The molecule has 2 aromatic carbocycles. The van der Waals surface area contributed by atoms with Crippen LogP contribution < -0.4 is 15.8 Å². The van der Waals surface area contributed by atoms with E-state index < -0.39 is 47.2 Å². The molecule has 1 aliphatic heterocycles. The van der Waals surface area contributed by atoms with Crippen molar-refractivity contribution in [2.45, 2.75) is 51.6 Å². The molecule has 0 radical (unpaired) electrons. The molecular weight excluding hydrogens is 493 g/mol. The van der Waals surface area contributed by atoms with Crippen LogP contribution in [0, 0.1) is 5.41 Å². The van der Waals surface area contributed by atoms with Crippen LogP contribution in [0.5, 0.6) is 5.19 Å². The number of fused-ring (bicyclic) bond motifs is 1. The number of aromatic nitrogens is 1. The number of carbonyl (C=O) groups is 2. The SMILES string of the molecule is CC(C)(C)C(Nc1cccc(C(F)(F)F)c1)C(=O)N1C[C@H](Oc2nc3ccccc3s2)C[C@H]1C(N)=O. The lowest BCUT2D eigenvalue weighted by molar-refractivity contribution is -0.139. The van der Waals surface area contributed by atoms with Gasteiger partial charge in [-0.1, -0.05) is 50.3 Å². The van der Waals surface area contributed by atoms with Crippen LogP contribution >= 0.6 is 11.3 Å². The van der Waals surface area contributed by atoms with Crippen LogP contribution in [0.1, 0.15) is 32.8 Å². The van der Waals surface area contributed by atoms with E-state index >= 15 is 0 Å². The Balaban J connectivity index is 1.56. The molecule has 36 heavy (non-hydrogen) atoms. The van der Waals surface area contributed by atoms with E-state index in [0.717, 1.165) is 22.3 Å². The lowest BCUT2D eigenvalue weighted by Crippen LogP contribution is -2.53. The van der Waals surface area contributed by atoms with Gasteiger partial charge in [-0.2, -0.15) is 13.2 Å². The van der Waals surface area contributed by atoms with Gasteiger partial charge in [-0.3, -0.25) is 9.59 Å². The smallest absolute Gasteiger partial charge is 0.416 e. The van der Waals surface area contributed by atoms with E-state index in [0.29, 0.717) is 5.19 Å². The van der Waals surface area contributed by atoms with Crippen LogP contribution in [0.4, 0.5) is 18.9 Å². The quantitative estimate of drug-likeness (QED) is 0.492. The lowest BCUT2D eigenvalue weighted by atomic mass is 9.85. The van der Waals surface area contributed by atoms with Gasteiger partial charge in [0, 0.05) is 12.1 Å². The first-order chi connectivity index (χ1) is 16.8. The Bertz CT molecular complexity index is 1240. The van der Waals surface area contributed by atoms with E-state index in [2.05, 4.69) is 10.3 Å². The Labute approximate surface area is 210 Å². The fourth-order valence-corrected chi connectivity index (χ4v) is 5.09. The number of benzene rings is 2. The van der Waals surface area contributed by atoms with Gasteiger partial charge in [0.15, 0.2) is 0 Å². The fraction of sp³-hybridized carbons (Fsp3) is 0.400. The number of nitrogens with one attached hydrogen (secondary N) is 1. The minimum atomic E-state index is -4.52. The highest BCUT2D eigenvalue weighted by Crippen LogP contribution is 2.34. The van der Waals surface area contributed by atoms with Crippen molar-refractivity contribution >= 4 is 39.1 Å². The summed E-state index contributed by atoms with van der Waals surface area (Å²) in [5.41, 5.74) is 5.04. The number of carbonyl (C=O) groups excluding carboxylic acids is 2. The number of halogens is 3. The predicted molar refractivity (Wildman–Crippen MR) is 132 cm³/mol. The molecular formula is C25H27F3N4O3S. The van der Waals surface area contributed by atoms with Crippen LogP contribution in [0.3, 0.4) is 0 Å². The Morgan fingerprint density at radius 1 is 1.17 bits per heavy atom. The summed E-state index contributed by atoms with van der Waals surface area (Å²) < 4.78 is 46.6. The van der Waals surface area contributed by atoms with Crippen LogP contribution in [-0.4, -0.2) is 46.4 Å². The van der Waals surface area contributed by atoms with E-state index in [4.69, 9.17) is 10.5 Å². The Morgan fingerprint density at radius 3 is 2.53 bits per heavy atom. The molecule has 3 aromatic rings. The molecule has 1 aromatic heterocycles. The number of rotatable bonds is 6. The van der Waals surface area contributed by atoms with Gasteiger partial charge in [0.25, 0.3) is 5.19 Å². The number of amides is 2. The number of hydrogen-bond donors (Lipinski definition) is 2. The van der Waals surface area contributed by atoms with Gasteiger partial charge in [0.1, 0.15) is 18.2 Å². The fourth-order valence-electron chi connectivity index (χ4n) is 4.21. The molecule has 192 valence electrons. The van der Waals surface area contributed by atoms with Crippen molar-refractivity contribution in [3.8, 4) is 5.19 Å². The predicted octanol–water partition coefficient (Wildman–Crippen LogP) is 4.68. The molecule has 0 saturated carbocycles. The Hall–Kier alpha value is -3.34. The highest BCUT2D eigenvalue weighted by Gasteiger charge is 2.45. The van der Waals surface area contributed by atoms with Crippen molar-refractivity contribution in [1.82, 2.24) is 9.88 Å². The molecule has 0 spiro atoms. The summed E-state index contributed by atoms with van der Waals surface area (Å²) in [5, 5.41) is 3.38. The summed E-state index contributed by atoms with van der Waals surface area (Å²) in [7, 11) is 0. The molecule has 1 saturated heterocycles. The molecule has 1 fully saturated rings. The number of anilines is 1. The van der Waals surface area contributed by atoms with Crippen molar-refractivity contribution in [2.75, 3.05) is 11.9 Å². The van der Waals surface area contributed by atoms with Gasteiger partial charge in [0.2, 0.25) is 11.8 Å². The zero-order valence-electron chi connectivity index (χ0n) is 20.0. The van der Waals surface area contributed by atoms with Gasteiger partial charge >= 0.3 is 6.18 Å². The maximum atomic E-state index is 13.7. The largest absolute Gasteiger partial charge is 0.465 e. The molecule has 11 heteroatoms. The molecule has 7 nitrogen and oxygen atoms in total. The third-order valence-electron chi connectivity index (χ3n) is 6.03. The maximum absolute atomic E-state index is 13.7. The van der Waals surface area contributed by atoms with Crippen LogP contribution in [0.2, 0.25) is 0 Å². The average Bonchev–Trinajstić information content (AvgIpc) is 3.40. The Kier molecular flexibility index (Phi) is 6.87. The van der Waals surface area contributed by atoms with E-state index in [9.17, 15) is 22.8 Å². The van der Waals surface area contributed by atoms with Gasteiger partial charge in [-0.15, -0.1) is 0 Å². The number of nitrogens with zero attached hydrogens (tertiary/aromatic N) is 2. The molecule has 1 unspecified atom stereocenters. The molecule has 4 rings (SSSR count). The van der Waals surface area contributed by atoms with Gasteiger partial charge in [-0.05, 0) is 35.7 Å². The lowest BCUT2D eigenvalue weighted by Gasteiger charge is -2.35. The topological polar surface area (TPSA) is 97.6 Å². The van der Waals surface area contributed by atoms with E-state index in [1.807, 2.05) is 24.3 Å². The minimum absolute atomic E-state index is 0.0964. The minimum Gasteiger partial charge on any atom is -0.465 e. The molecule has 3 atom stereocenters. The molecule has 3 N–H and O–H groups in total. The highest BCUT2D eigenvalue weighted by atomic mass is 32.1. The number of nitrogens with two attached hydrogens (primary N) is 1. The number of likely N-dealkylation sites (tertiary alicyclic amines) is 1. The molecule has 0 bridgehead atoms. The van der Waals surface area contributed by atoms with Gasteiger partial charge in [0.05, 0.1) is 22.3 Å². The second-order valence-electron chi connectivity index (χ2n) is 9.85. The third kappa shape index (κ3) is 5.56. The van der Waals surface area contributed by atoms with Crippen LogP contribution in [-0.2, 0) is 15.8 Å². The number of thiazole rings is 1. The number of hydrogen-bond acceptors (Lipinski definition) is 6. The second-order valence-corrected chi connectivity index (χ2v) is 10.8. The van der Waals surface area contributed by atoms with Gasteiger partial charge in [-0.25, -0.2) is 4.98 Å². The highest BCUT2D eigenvalue weighted by molar-refractivity contribution is 7.20. The zero-order chi connectivity index (χ0) is 26.3. The zero-order valence-corrected chi connectivity index (χ0v) is 20.8. The first-order valence-electron chi connectivity index (χ1n) is 11.4. The molecule has 1 aliphatic rings. The normalized spacial score (nSPS) is 19.3. The maximum Gasteiger partial charge on any atom is 0.416 e. The van der Waals surface area contributed by atoms with E-state index in [1.54, 1.807) is 20.8 Å². The summed E-state index contributed by atoms with van der Waals surface area (Å²) >= 11 is 1.36. The standard InChI is InChI=1S/C25H27F3N4O3S/c1-24(2,3)20(30-15-8-6-7-14(11-15)25(26,27)28)22(34)32-13-16(12-18(32)21(29)33)35-23-31-17-9-4-5-10-19(17)36-23/h4-11,16,18,20,30H,12-13H2,1-3H3,(H2,29,33)/t16-,18+,20?/m1/s1. The average molecular weight is 521 g/mol. The van der Waals surface area contributed by atoms with Crippen molar-refractivity contribution in [3.05, 3.63) is 54.1 Å². The summed E-state index contributed by atoms with van der Waals surface area (Å²) in [6, 6.07) is 10.4. The summed E-state index contributed by atoms with van der Waals surface area (Å²) in [5.74, 6) is -1.12. The first-order valence-corrected chi connectivity index (χ1v) is 12.2. The summed E-state index contributed by atoms with van der Waals surface area (Å²) in [6.07, 6.45) is -4.84. The molecule has 0 aliphatic carbocycles. The molecule has 2 amide bonds. The Morgan fingerprint density at radius 2 is 1.89 bits per heavy atom. The van der Waals surface area contributed by atoms with E-state index in [1.165, 1.54) is 28.4 Å². The summed E-state index contributed by atoms with van der Waals surface area (Å²) in [6.45, 7) is 5.47. The first kappa shape index (κ1) is 25.7. The van der Waals surface area contributed by atoms with Crippen LogP contribution in [0.25, 0.3) is 10.2 Å². The van der Waals surface area contributed by atoms with Crippen molar-refractivity contribution in [3.63, 3.8) is 0 Å². The number of para-hydroxylation sites is 1. The summed E-state index contributed by atoms with van der Waals surface area (Å²) in [4.78, 5) is 31.8. The molecule has 2 heterocycles. The van der Waals surface area contributed by atoms with Crippen LogP contribution in [0.15, 0.2) is 48.5 Å². The van der Waals surface area contributed by atoms with Crippen molar-refractivity contribution in [2.24, 2.45) is 11.1 Å².